The van der Waals surface area contributed by atoms with Gasteiger partial charge in [-0.1, -0.05) is 74.0 Å². The van der Waals surface area contributed by atoms with E-state index in [1.807, 2.05) is 67.6 Å². The Hall–Kier alpha value is -2.59. The van der Waals surface area contributed by atoms with Crippen LogP contribution in [0.4, 0.5) is 4.79 Å². The summed E-state index contributed by atoms with van der Waals surface area (Å²) in [6, 6.07) is 19.1. The summed E-state index contributed by atoms with van der Waals surface area (Å²) in [6.07, 6.45) is 2.65. The van der Waals surface area contributed by atoms with Gasteiger partial charge in [0.25, 0.3) is 0 Å². The number of benzene rings is 2. The summed E-state index contributed by atoms with van der Waals surface area (Å²) in [6.45, 7) is 1.97. The van der Waals surface area contributed by atoms with Gasteiger partial charge in [-0.25, -0.2) is 9.36 Å². The molecule has 0 saturated carbocycles. The number of rotatable bonds is 16. The topological polar surface area (TPSA) is 127 Å². The van der Waals surface area contributed by atoms with Crippen LogP contribution in [0.1, 0.15) is 48.6 Å². The number of hydrogen-bond acceptors (Lipinski definition) is 7. The molecule has 3 rings (SSSR count). The van der Waals surface area contributed by atoms with Crippen LogP contribution in [-0.2, 0) is 38.0 Å². The first-order valence-electron chi connectivity index (χ1n) is 12.6. The molecule has 0 saturated heterocycles. The van der Waals surface area contributed by atoms with Crippen LogP contribution in [0.5, 0.6) is 0 Å². The van der Waals surface area contributed by atoms with Crippen molar-refractivity contribution in [3.05, 3.63) is 88.4 Å². The van der Waals surface area contributed by atoms with Crippen LogP contribution in [0, 0.1) is 0 Å². The number of ether oxygens (including phenoxy) is 2. The summed E-state index contributed by atoms with van der Waals surface area (Å²) in [7, 11) is -4.79. The molecule has 0 aliphatic carbocycles. The van der Waals surface area contributed by atoms with Crippen LogP contribution in [0.2, 0.25) is 0 Å². The molecule has 1 heterocycles. The molecular weight excluding hydrogens is 527 g/mol. The highest BCUT2D eigenvalue weighted by molar-refractivity contribution is 7.46. The molecule has 0 bridgehead atoms. The van der Waals surface area contributed by atoms with Crippen molar-refractivity contribution >= 4 is 25.3 Å². The van der Waals surface area contributed by atoms with Crippen molar-refractivity contribution in [3.8, 4) is 0 Å². The minimum absolute atomic E-state index is 0.0911. The molecule has 1 amide bonds. The normalized spacial score (nSPS) is 14.0. The van der Waals surface area contributed by atoms with E-state index in [-0.39, 0.29) is 13.0 Å². The predicted octanol–water partition coefficient (Wildman–Crippen LogP) is 5.62. The van der Waals surface area contributed by atoms with E-state index in [4.69, 9.17) is 14.0 Å². The van der Waals surface area contributed by atoms with Crippen LogP contribution in [0.15, 0.2) is 72.4 Å². The number of nitrogens with zero attached hydrogens (tertiary/aromatic N) is 1. The maximum atomic E-state index is 12.8. The van der Waals surface area contributed by atoms with Gasteiger partial charge in [0.05, 0.1) is 22.5 Å². The minimum Gasteiger partial charge on any atom is -0.444 e. The number of carbonyl (C=O) groups is 1. The van der Waals surface area contributed by atoms with Crippen molar-refractivity contribution in [3.63, 3.8) is 0 Å². The quantitative estimate of drug-likeness (QED) is 0.152. The zero-order valence-electron chi connectivity index (χ0n) is 21.3. The fourth-order valence-electron chi connectivity index (χ4n) is 4.03. The van der Waals surface area contributed by atoms with E-state index in [0.717, 1.165) is 23.3 Å². The highest BCUT2D eigenvalue weighted by Crippen LogP contribution is 2.39. The van der Waals surface area contributed by atoms with Crippen LogP contribution >= 0.6 is 19.2 Å². The number of hydrogen-bond donors (Lipinski definition) is 3. The third kappa shape index (κ3) is 11.4. The smallest absolute Gasteiger partial charge is 0.444 e. The van der Waals surface area contributed by atoms with Gasteiger partial charge in [0.1, 0.15) is 6.61 Å². The molecular formula is C27H35N2O7PS. The van der Waals surface area contributed by atoms with Gasteiger partial charge in [-0.2, -0.15) is 0 Å². The van der Waals surface area contributed by atoms with E-state index in [1.54, 1.807) is 11.7 Å². The number of carbonyl (C=O) groups excluding carboxylic acids is 1. The molecule has 0 radical (unpaired) electrons. The maximum absolute atomic E-state index is 12.8. The lowest BCUT2D eigenvalue weighted by Gasteiger charge is -2.31. The second kappa shape index (κ2) is 15.7. The fraction of sp³-hybridized carbons (Fsp3) is 0.407. The molecule has 3 aromatic rings. The average Bonchev–Trinajstić information content (AvgIpc) is 3.41. The largest absolute Gasteiger partial charge is 0.471 e. The zero-order valence-corrected chi connectivity index (χ0v) is 23.1. The average molecular weight is 563 g/mol. The van der Waals surface area contributed by atoms with Gasteiger partial charge < -0.3 is 24.6 Å². The first kappa shape index (κ1) is 30.0. The molecule has 1 unspecified atom stereocenters. The predicted molar refractivity (Wildman–Crippen MR) is 145 cm³/mol. The van der Waals surface area contributed by atoms with Crippen LogP contribution < -0.4 is 5.32 Å². The molecule has 11 heteroatoms. The molecule has 0 aliphatic heterocycles. The molecule has 2 aromatic carbocycles. The molecule has 38 heavy (non-hydrogen) atoms. The van der Waals surface area contributed by atoms with Gasteiger partial charge in [0.15, 0.2) is 6.29 Å². The number of aromatic nitrogens is 1. The number of aryl methyl sites for hydroxylation is 1. The standard InChI is InChI=1S/C27H35N2O7PS/c1-2-10-26(36-37(31,32)33)35-25(16-9-15-21-11-5-3-6-12-21)24(17-22-13-7-4-8-14-22)29-27(30)34-19-23-18-28-20-38-23/h3-8,11-14,18,20,24-26H,2,9-10,15-17,19H2,1H3,(H,29,30)(H2,31,32,33)/t24-,25-,26?/m0/s1. The Labute approximate surface area is 227 Å². The SMILES string of the molecule is CCCC(O[C@@H](CCCc1ccccc1)[C@H](Cc1ccccc1)NC(=O)OCc1cncs1)OP(=O)(O)O. The van der Waals surface area contributed by atoms with E-state index in [0.29, 0.717) is 19.3 Å². The number of alkyl carbamates (subject to hydrolysis) is 1. The summed E-state index contributed by atoms with van der Waals surface area (Å²) in [5.41, 5.74) is 3.81. The van der Waals surface area contributed by atoms with Crippen LogP contribution in [0.3, 0.4) is 0 Å². The van der Waals surface area contributed by atoms with Crippen molar-refractivity contribution < 1.29 is 33.1 Å². The van der Waals surface area contributed by atoms with Crippen molar-refractivity contribution in [2.75, 3.05) is 0 Å². The number of nitrogens with one attached hydrogen (secondary N) is 1. The van der Waals surface area contributed by atoms with E-state index < -0.39 is 32.4 Å². The summed E-state index contributed by atoms with van der Waals surface area (Å²) < 4.78 is 28.2. The summed E-state index contributed by atoms with van der Waals surface area (Å²) in [4.78, 5) is 36.5. The molecule has 3 N–H and O–H groups in total. The highest BCUT2D eigenvalue weighted by Gasteiger charge is 2.31. The summed E-state index contributed by atoms with van der Waals surface area (Å²) in [5, 5.41) is 2.94. The first-order chi connectivity index (χ1) is 18.3. The molecule has 206 valence electrons. The van der Waals surface area contributed by atoms with Gasteiger partial charge in [-0.3, -0.25) is 9.51 Å². The van der Waals surface area contributed by atoms with E-state index in [1.165, 1.54) is 16.9 Å². The van der Waals surface area contributed by atoms with Crippen molar-refractivity contribution in [1.29, 1.82) is 0 Å². The second-order valence-electron chi connectivity index (χ2n) is 8.85. The number of amides is 1. The van der Waals surface area contributed by atoms with E-state index in [9.17, 15) is 19.1 Å². The Kier molecular flexibility index (Phi) is 12.4. The Morgan fingerprint density at radius 3 is 2.34 bits per heavy atom. The van der Waals surface area contributed by atoms with Gasteiger partial charge in [0.2, 0.25) is 0 Å². The summed E-state index contributed by atoms with van der Waals surface area (Å²) >= 11 is 1.39. The Bertz CT molecular complexity index is 1110. The summed E-state index contributed by atoms with van der Waals surface area (Å²) in [5.74, 6) is 0. The van der Waals surface area contributed by atoms with Crippen LogP contribution in [-0.4, -0.2) is 39.3 Å². The van der Waals surface area contributed by atoms with E-state index >= 15 is 0 Å². The maximum Gasteiger partial charge on any atom is 0.471 e. The third-order valence-corrected chi connectivity index (χ3v) is 7.05. The Balaban J connectivity index is 1.79. The monoisotopic (exact) mass is 562 g/mol. The minimum atomic E-state index is -4.79. The van der Waals surface area contributed by atoms with Crippen molar-refractivity contribution in [2.24, 2.45) is 0 Å². The van der Waals surface area contributed by atoms with Gasteiger partial charge >= 0.3 is 13.9 Å². The number of phosphoric ester groups is 1. The second-order valence-corrected chi connectivity index (χ2v) is 11.0. The lowest BCUT2D eigenvalue weighted by atomic mass is 9.96. The molecule has 0 spiro atoms. The molecule has 1 aromatic heterocycles. The Morgan fingerprint density at radius 2 is 1.74 bits per heavy atom. The molecule has 9 nitrogen and oxygen atoms in total. The Morgan fingerprint density at radius 1 is 1.05 bits per heavy atom. The lowest BCUT2D eigenvalue weighted by molar-refractivity contribution is -0.142. The molecule has 3 atom stereocenters. The van der Waals surface area contributed by atoms with Gasteiger partial charge in [-0.15, -0.1) is 11.3 Å². The van der Waals surface area contributed by atoms with Crippen LogP contribution in [0.25, 0.3) is 0 Å². The van der Waals surface area contributed by atoms with Gasteiger partial charge in [-0.05, 0) is 43.2 Å². The van der Waals surface area contributed by atoms with Crippen molar-refractivity contribution in [1.82, 2.24) is 10.3 Å². The third-order valence-electron chi connectivity index (χ3n) is 5.78. The molecule has 0 fully saturated rings. The zero-order chi connectivity index (χ0) is 27.2. The number of phosphoric acid groups is 1. The van der Waals surface area contributed by atoms with Gasteiger partial charge in [0, 0.05) is 6.20 Å². The fourth-order valence-corrected chi connectivity index (χ4v) is 5.00. The van der Waals surface area contributed by atoms with E-state index in [2.05, 4.69) is 10.3 Å². The first-order valence-corrected chi connectivity index (χ1v) is 15.0. The van der Waals surface area contributed by atoms with Crippen molar-refractivity contribution in [2.45, 2.75) is 70.5 Å². The highest BCUT2D eigenvalue weighted by atomic mass is 32.1. The number of thiazole rings is 1. The molecule has 0 aliphatic rings. The lowest BCUT2D eigenvalue weighted by Crippen LogP contribution is -2.47.